The molecule has 2 aromatic carbocycles. The van der Waals surface area contributed by atoms with Crippen molar-refractivity contribution in [2.75, 3.05) is 37.2 Å². The fraction of sp³-hybridized carbons (Fsp3) is 0.483. The third kappa shape index (κ3) is 8.84. The molecule has 2 fully saturated rings. The third-order valence-electron chi connectivity index (χ3n) is 7.85. The zero-order valence-electron chi connectivity index (χ0n) is 23.1. The number of hydrogen-bond donors (Lipinski definition) is 3. The van der Waals surface area contributed by atoms with Crippen LogP contribution in [0.2, 0.25) is 5.02 Å². The Morgan fingerprint density at radius 2 is 1.56 bits per heavy atom. The minimum absolute atomic E-state index is 0.0632. The van der Waals surface area contributed by atoms with Crippen molar-refractivity contribution in [3.8, 4) is 0 Å². The van der Waals surface area contributed by atoms with Gasteiger partial charge < -0.3 is 20.2 Å². The highest BCUT2D eigenvalue weighted by Gasteiger charge is 2.32. The van der Waals surface area contributed by atoms with Crippen molar-refractivity contribution in [3.05, 3.63) is 64.7 Å². The van der Waals surface area contributed by atoms with Crippen LogP contribution in [0.4, 0.5) is 10.5 Å². The first kappa shape index (κ1) is 30.6. The smallest absolute Gasteiger partial charge is 0.407 e. The third-order valence-corrected chi connectivity index (χ3v) is 8.69. The van der Waals surface area contributed by atoms with E-state index >= 15 is 0 Å². The first-order valence-electron chi connectivity index (χ1n) is 13.9. The molecule has 3 N–H and O–H groups in total. The van der Waals surface area contributed by atoms with Gasteiger partial charge in [0, 0.05) is 44.0 Å². The van der Waals surface area contributed by atoms with Crippen molar-refractivity contribution in [2.24, 2.45) is 5.92 Å². The number of rotatable bonds is 9. The van der Waals surface area contributed by atoms with E-state index in [0.29, 0.717) is 69.0 Å². The number of para-hydroxylation sites is 1. The highest BCUT2D eigenvalue weighted by Crippen LogP contribution is 2.33. The minimum Gasteiger partial charge on any atom is -0.465 e. The summed E-state index contributed by atoms with van der Waals surface area (Å²) in [5, 5.41) is 12.7. The van der Waals surface area contributed by atoms with Crippen LogP contribution < -0.4 is 10.0 Å². The number of hydrogen-bond acceptors (Lipinski definition) is 5. The number of sulfonamides is 1. The number of carbonyl (C=O) groups excluding carboxylic acids is 2. The second kappa shape index (κ2) is 13.6. The van der Waals surface area contributed by atoms with Gasteiger partial charge in [0.2, 0.25) is 21.8 Å². The Morgan fingerprint density at radius 3 is 2.17 bits per heavy atom. The number of nitrogens with zero attached hydrogens (tertiary/aromatic N) is 2. The molecule has 1 atom stereocenters. The molecule has 2 aliphatic rings. The molecule has 10 nitrogen and oxygen atoms in total. The van der Waals surface area contributed by atoms with Crippen LogP contribution in [0, 0.1) is 5.92 Å². The molecule has 0 radical (unpaired) electrons. The van der Waals surface area contributed by atoms with Gasteiger partial charge in [0.05, 0.1) is 11.9 Å². The maximum Gasteiger partial charge on any atom is 0.407 e. The Labute approximate surface area is 246 Å². The van der Waals surface area contributed by atoms with Gasteiger partial charge in [-0.05, 0) is 66.8 Å². The van der Waals surface area contributed by atoms with Crippen molar-refractivity contribution in [3.63, 3.8) is 0 Å². The molecule has 2 aromatic rings. The number of anilines is 1. The first-order chi connectivity index (χ1) is 19.5. The number of amides is 3. The largest absolute Gasteiger partial charge is 0.465 e. The van der Waals surface area contributed by atoms with E-state index in [1.807, 2.05) is 24.3 Å². The molecule has 41 heavy (non-hydrogen) atoms. The van der Waals surface area contributed by atoms with Crippen molar-refractivity contribution >= 4 is 45.2 Å². The second-order valence-corrected chi connectivity index (χ2v) is 13.1. The van der Waals surface area contributed by atoms with Gasteiger partial charge in [-0.3, -0.25) is 14.3 Å². The first-order valence-corrected chi connectivity index (χ1v) is 16.1. The van der Waals surface area contributed by atoms with E-state index in [9.17, 15) is 27.9 Å². The van der Waals surface area contributed by atoms with Crippen LogP contribution in [0.15, 0.2) is 48.5 Å². The Bertz CT molecular complexity index is 1340. The summed E-state index contributed by atoms with van der Waals surface area (Å²) in [6.07, 6.45) is 3.29. The summed E-state index contributed by atoms with van der Waals surface area (Å²) in [6, 6.07) is 13.8. The molecule has 222 valence electrons. The predicted octanol–water partition coefficient (Wildman–Crippen LogP) is 3.93. The number of nitrogens with one attached hydrogen (secondary N) is 2. The maximum atomic E-state index is 13.7. The van der Waals surface area contributed by atoms with Gasteiger partial charge in [0.1, 0.15) is 6.04 Å². The van der Waals surface area contributed by atoms with Crippen LogP contribution >= 0.6 is 11.6 Å². The molecule has 0 bridgehead atoms. The summed E-state index contributed by atoms with van der Waals surface area (Å²) in [5.41, 5.74) is 2.34. The standard InChI is InChI=1S/C29H37ClN4O6S/c1-41(39,40)32-25-5-3-2-4-24(25)22-12-16-33(17-13-22)28(36)26(18-20-6-8-23(30)9-7-20)31-27(35)19-21-10-14-34(15-11-21)29(37)38/h2-9,21-22,26,32H,10-19H2,1H3,(H,31,35)(H,37,38)/t26-/m1/s1. The zero-order chi connectivity index (χ0) is 29.6. The van der Waals surface area contributed by atoms with Gasteiger partial charge in [-0.15, -0.1) is 0 Å². The fourth-order valence-electron chi connectivity index (χ4n) is 5.68. The molecule has 4 rings (SSSR count). The zero-order valence-corrected chi connectivity index (χ0v) is 24.7. The summed E-state index contributed by atoms with van der Waals surface area (Å²) in [4.78, 5) is 41.1. The summed E-state index contributed by atoms with van der Waals surface area (Å²) >= 11 is 6.04. The molecule has 0 saturated carbocycles. The summed E-state index contributed by atoms with van der Waals surface area (Å²) in [5.74, 6) is -0.226. The highest BCUT2D eigenvalue weighted by atomic mass is 35.5. The van der Waals surface area contributed by atoms with Gasteiger partial charge in [-0.2, -0.15) is 0 Å². The maximum absolute atomic E-state index is 13.7. The lowest BCUT2D eigenvalue weighted by Gasteiger charge is -2.35. The van der Waals surface area contributed by atoms with Gasteiger partial charge in [0.15, 0.2) is 0 Å². The van der Waals surface area contributed by atoms with E-state index < -0.39 is 22.2 Å². The van der Waals surface area contributed by atoms with Crippen LogP contribution in [0.5, 0.6) is 0 Å². The van der Waals surface area contributed by atoms with Gasteiger partial charge in [-0.25, -0.2) is 13.2 Å². The molecule has 2 saturated heterocycles. The van der Waals surface area contributed by atoms with Crippen molar-refractivity contribution in [1.82, 2.24) is 15.1 Å². The Hall–Kier alpha value is -3.31. The van der Waals surface area contributed by atoms with Gasteiger partial charge >= 0.3 is 6.09 Å². The molecule has 3 amide bonds. The Morgan fingerprint density at radius 1 is 0.951 bits per heavy atom. The van der Waals surface area contributed by atoms with E-state index in [1.165, 1.54) is 4.90 Å². The molecular formula is C29H37ClN4O6S. The quantitative estimate of drug-likeness (QED) is 0.397. The minimum atomic E-state index is -3.43. The summed E-state index contributed by atoms with van der Waals surface area (Å²) in [7, 11) is -3.43. The van der Waals surface area contributed by atoms with E-state index in [4.69, 9.17) is 11.6 Å². The Kier molecular flexibility index (Phi) is 10.1. The lowest BCUT2D eigenvalue weighted by molar-refractivity contribution is -0.137. The predicted molar refractivity (Wildman–Crippen MR) is 157 cm³/mol. The fourth-order valence-corrected chi connectivity index (χ4v) is 6.39. The SMILES string of the molecule is CS(=O)(=O)Nc1ccccc1C1CCN(C(=O)[C@@H](Cc2ccc(Cl)cc2)NC(=O)CC2CCN(C(=O)O)CC2)CC1. The van der Waals surface area contributed by atoms with Crippen LogP contribution in [0.1, 0.15) is 49.1 Å². The van der Waals surface area contributed by atoms with Crippen molar-refractivity contribution in [2.45, 2.75) is 50.5 Å². The number of likely N-dealkylation sites (tertiary alicyclic amines) is 2. The topological polar surface area (TPSA) is 136 Å². The number of carboxylic acid groups (broad SMARTS) is 1. The van der Waals surface area contributed by atoms with Crippen molar-refractivity contribution < 1.29 is 27.9 Å². The Balaban J connectivity index is 1.40. The average molecular weight is 605 g/mol. The molecule has 2 aliphatic heterocycles. The summed E-state index contributed by atoms with van der Waals surface area (Å²) in [6.45, 7) is 1.77. The van der Waals surface area contributed by atoms with Gasteiger partial charge in [0.25, 0.3) is 0 Å². The lowest BCUT2D eigenvalue weighted by Crippen LogP contribution is -2.52. The second-order valence-electron chi connectivity index (χ2n) is 10.9. The molecule has 12 heteroatoms. The van der Waals surface area contributed by atoms with Gasteiger partial charge in [-0.1, -0.05) is 41.9 Å². The normalized spacial score (nSPS) is 17.6. The molecule has 2 heterocycles. The molecular weight excluding hydrogens is 568 g/mol. The monoisotopic (exact) mass is 604 g/mol. The average Bonchev–Trinajstić information content (AvgIpc) is 2.93. The number of halogens is 1. The molecule has 0 aromatic heterocycles. The van der Waals surface area contributed by atoms with E-state index in [2.05, 4.69) is 10.0 Å². The number of piperidine rings is 2. The number of benzene rings is 2. The molecule has 0 unspecified atom stereocenters. The lowest BCUT2D eigenvalue weighted by atomic mass is 9.88. The van der Waals surface area contributed by atoms with Crippen LogP contribution in [0.25, 0.3) is 0 Å². The summed E-state index contributed by atoms with van der Waals surface area (Å²) < 4.78 is 26.3. The molecule has 0 aliphatic carbocycles. The van der Waals surface area contributed by atoms with E-state index in [-0.39, 0.29) is 30.1 Å². The van der Waals surface area contributed by atoms with Crippen molar-refractivity contribution in [1.29, 1.82) is 0 Å². The van der Waals surface area contributed by atoms with Crippen LogP contribution in [0.3, 0.4) is 0 Å². The van der Waals surface area contributed by atoms with Crippen LogP contribution in [-0.4, -0.2) is 79.7 Å². The van der Waals surface area contributed by atoms with E-state index in [0.717, 1.165) is 17.4 Å². The number of carbonyl (C=O) groups is 3. The van der Waals surface area contributed by atoms with E-state index in [1.54, 1.807) is 29.2 Å². The van der Waals surface area contributed by atoms with Crippen LogP contribution in [-0.2, 0) is 26.0 Å². The molecule has 0 spiro atoms. The highest BCUT2D eigenvalue weighted by molar-refractivity contribution is 7.92.